The predicted molar refractivity (Wildman–Crippen MR) is 101 cm³/mol. The lowest BCUT2D eigenvalue weighted by Crippen LogP contribution is -2.44. The molecule has 0 aliphatic carbocycles. The van der Waals surface area contributed by atoms with Crippen molar-refractivity contribution in [1.29, 1.82) is 0 Å². The fourth-order valence-electron chi connectivity index (χ4n) is 2.54. The van der Waals surface area contributed by atoms with Crippen molar-refractivity contribution in [2.24, 2.45) is 10.7 Å². The Labute approximate surface area is 151 Å². The number of halogens is 2. The number of H-pyrrole nitrogens is 1. The van der Waals surface area contributed by atoms with Gasteiger partial charge >= 0.3 is 0 Å². The van der Waals surface area contributed by atoms with E-state index in [4.69, 9.17) is 22.1 Å². The molecule has 0 unspecified atom stereocenters. The van der Waals surface area contributed by atoms with Crippen LogP contribution in [0.3, 0.4) is 0 Å². The van der Waals surface area contributed by atoms with E-state index in [1.165, 1.54) is 5.56 Å². The first kappa shape index (κ1) is 17.4. The van der Waals surface area contributed by atoms with Crippen LogP contribution >= 0.6 is 35.6 Å². The van der Waals surface area contributed by atoms with Gasteiger partial charge in [-0.05, 0) is 30.2 Å². The highest BCUT2D eigenvalue weighted by molar-refractivity contribution is 14.0. The minimum atomic E-state index is 0. The quantitative estimate of drug-likeness (QED) is 0.443. The highest BCUT2D eigenvalue weighted by Gasteiger charge is 2.12. The Kier molecular flexibility index (Phi) is 6.34. The third-order valence-electron chi connectivity index (χ3n) is 3.72. The molecule has 2 aromatic rings. The van der Waals surface area contributed by atoms with Crippen LogP contribution in [0.4, 0.5) is 0 Å². The summed E-state index contributed by atoms with van der Waals surface area (Å²) < 4.78 is 5.30. The summed E-state index contributed by atoms with van der Waals surface area (Å²) in [5.41, 5.74) is 8.33. The average Bonchev–Trinajstić information content (AvgIpc) is 2.90. The number of morpholine rings is 1. The van der Waals surface area contributed by atoms with E-state index >= 15 is 0 Å². The molecule has 3 N–H and O–H groups in total. The molecule has 3 rings (SSSR count). The third kappa shape index (κ3) is 4.05. The zero-order valence-electron chi connectivity index (χ0n) is 12.2. The lowest BCUT2D eigenvalue weighted by Gasteiger charge is -2.27. The van der Waals surface area contributed by atoms with Crippen LogP contribution in [0.25, 0.3) is 10.9 Å². The van der Waals surface area contributed by atoms with E-state index in [1.54, 1.807) is 0 Å². The summed E-state index contributed by atoms with van der Waals surface area (Å²) in [7, 11) is 0. The van der Waals surface area contributed by atoms with Crippen molar-refractivity contribution in [2.75, 3.05) is 32.8 Å². The van der Waals surface area contributed by atoms with Crippen molar-refractivity contribution in [1.82, 2.24) is 9.88 Å². The van der Waals surface area contributed by atoms with Crippen LogP contribution in [0.15, 0.2) is 29.4 Å². The molecule has 0 saturated carbocycles. The van der Waals surface area contributed by atoms with Crippen LogP contribution in [0.5, 0.6) is 0 Å². The van der Waals surface area contributed by atoms with Crippen LogP contribution in [0.1, 0.15) is 5.56 Å². The van der Waals surface area contributed by atoms with Crippen molar-refractivity contribution < 1.29 is 4.74 Å². The molecule has 120 valence electrons. The molecule has 0 amide bonds. The molecular weight excluding hydrogens is 415 g/mol. The van der Waals surface area contributed by atoms with Gasteiger partial charge in [-0.2, -0.15) is 0 Å². The Bertz CT molecular complexity index is 652. The van der Waals surface area contributed by atoms with Gasteiger partial charge in [0.15, 0.2) is 5.96 Å². The number of aromatic amines is 1. The standard InChI is InChI=1S/C15H19ClN4O.HI/c16-12-1-2-14-13(9-12)11(10-19-14)3-4-18-15(17)20-5-7-21-8-6-20;/h1-2,9-10,19H,3-8H2,(H2,17,18);1H. The first-order chi connectivity index (χ1) is 10.2. The summed E-state index contributed by atoms with van der Waals surface area (Å²) in [6, 6.07) is 5.86. The fourth-order valence-corrected chi connectivity index (χ4v) is 2.71. The maximum atomic E-state index is 6.05. The molecule has 1 aliphatic rings. The zero-order chi connectivity index (χ0) is 14.7. The molecule has 0 radical (unpaired) electrons. The number of nitrogens with zero attached hydrogens (tertiary/aromatic N) is 2. The van der Waals surface area contributed by atoms with Gasteiger partial charge in [-0.15, -0.1) is 24.0 Å². The van der Waals surface area contributed by atoms with Crippen LogP contribution in [-0.4, -0.2) is 48.7 Å². The highest BCUT2D eigenvalue weighted by atomic mass is 127. The van der Waals surface area contributed by atoms with Gasteiger partial charge in [0.05, 0.1) is 13.2 Å². The number of nitrogens with two attached hydrogens (primary N) is 1. The minimum Gasteiger partial charge on any atom is -0.378 e. The highest BCUT2D eigenvalue weighted by Crippen LogP contribution is 2.22. The number of nitrogens with one attached hydrogen (secondary N) is 1. The smallest absolute Gasteiger partial charge is 0.191 e. The molecule has 1 aromatic carbocycles. The number of hydrogen-bond donors (Lipinski definition) is 2. The topological polar surface area (TPSA) is 66.6 Å². The van der Waals surface area contributed by atoms with E-state index in [9.17, 15) is 0 Å². The van der Waals surface area contributed by atoms with Crippen molar-refractivity contribution in [3.8, 4) is 0 Å². The second-order valence-corrected chi connectivity index (χ2v) is 5.53. The molecule has 2 heterocycles. The van der Waals surface area contributed by atoms with Gasteiger partial charge in [-0.1, -0.05) is 11.6 Å². The van der Waals surface area contributed by atoms with Gasteiger partial charge < -0.3 is 20.4 Å². The summed E-state index contributed by atoms with van der Waals surface area (Å²) in [5.74, 6) is 0.608. The summed E-state index contributed by atoms with van der Waals surface area (Å²) in [5, 5.41) is 1.90. The molecule has 1 aromatic heterocycles. The van der Waals surface area contributed by atoms with E-state index in [2.05, 4.69) is 14.9 Å². The van der Waals surface area contributed by atoms with Crippen LogP contribution < -0.4 is 5.73 Å². The van der Waals surface area contributed by atoms with Gasteiger partial charge in [-0.3, -0.25) is 4.99 Å². The SMILES string of the molecule is I.NC(=NCCc1c[nH]c2ccc(Cl)cc12)N1CCOCC1. The normalized spacial score (nSPS) is 15.9. The number of aromatic nitrogens is 1. The molecule has 0 atom stereocenters. The third-order valence-corrected chi connectivity index (χ3v) is 3.95. The Morgan fingerprint density at radius 1 is 1.36 bits per heavy atom. The second kappa shape index (κ2) is 8.03. The number of hydrogen-bond acceptors (Lipinski definition) is 2. The van der Waals surface area contributed by atoms with Gasteiger partial charge in [0, 0.05) is 41.8 Å². The molecule has 0 spiro atoms. The van der Waals surface area contributed by atoms with Crippen LogP contribution in [0.2, 0.25) is 5.02 Å². The van der Waals surface area contributed by atoms with E-state index in [0.29, 0.717) is 12.5 Å². The van der Waals surface area contributed by atoms with E-state index < -0.39 is 0 Å². The number of aliphatic imine (C=N–C) groups is 1. The lowest BCUT2D eigenvalue weighted by molar-refractivity contribution is 0.0674. The summed E-state index contributed by atoms with van der Waals surface area (Å²) in [4.78, 5) is 9.79. The Balaban J connectivity index is 0.00000176. The molecule has 1 aliphatic heterocycles. The first-order valence-electron chi connectivity index (χ1n) is 7.12. The molecule has 1 fully saturated rings. The predicted octanol–water partition coefficient (Wildman–Crippen LogP) is 2.63. The second-order valence-electron chi connectivity index (χ2n) is 5.09. The summed E-state index contributed by atoms with van der Waals surface area (Å²) >= 11 is 6.05. The van der Waals surface area contributed by atoms with Crippen LogP contribution in [0, 0.1) is 0 Å². The molecule has 1 saturated heterocycles. The van der Waals surface area contributed by atoms with Gasteiger partial charge in [0.25, 0.3) is 0 Å². The van der Waals surface area contributed by atoms with Crippen molar-refractivity contribution in [2.45, 2.75) is 6.42 Å². The van der Waals surface area contributed by atoms with Gasteiger partial charge in [0.2, 0.25) is 0 Å². The monoisotopic (exact) mass is 434 g/mol. The number of fused-ring (bicyclic) bond motifs is 1. The van der Waals surface area contributed by atoms with E-state index in [1.807, 2.05) is 24.4 Å². The lowest BCUT2D eigenvalue weighted by atomic mass is 10.1. The number of guanidine groups is 1. The minimum absolute atomic E-state index is 0. The number of ether oxygens (including phenoxy) is 1. The first-order valence-corrected chi connectivity index (χ1v) is 7.50. The maximum absolute atomic E-state index is 6.05. The fraction of sp³-hybridized carbons (Fsp3) is 0.400. The van der Waals surface area contributed by atoms with E-state index in [-0.39, 0.29) is 24.0 Å². The Morgan fingerprint density at radius 3 is 2.91 bits per heavy atom. The van der Waals surface area contributed by atoms with Crippen molar-refractivity contribution >= 4 is 52.4 Å². The van der Waals surface area contributed by atoms with E-state index in [0.717, 1.165) is 48.6 Å². The largest absolute Gasteiger partial charge is 0.378 e. The average molecular weight is 435 g/mol. The number of benzene rings is 1. The Morgan fingerprint density at radius 2 is 2.14 bits per heavy atom. The Hall–Kier alpha value is -0.990. The molecule has 5 nitrogen and oxygen atoms in total. The van der Waals surface area contributed by atoms with Crippen molar-refractivity contribution in [3.05, 3.63) is 35.0 Å². The molecule has 22 heavy (non-hydrogen) atoms. The zero-order valence-corrected chi connectivity index (χ0v) is 15.3. The summed E-state index contributed by atoms with van der Waals surface area (Å²) in [6.45, 7) is 3.74. The van der Waals surface area contributed by atoms with Crippen LogP contribution in [-0.2, 0) is 11.2 Å². The molecule has 7 heteroatoms. The number of rotatable bonds is 3. The molecular formula is C15H20ClIN4O. The molecule has 0 bridgehead atoms. The van der Waals surface area contributed by atoms with Crippen molar-refractivity contribution in [3.63, 3.8) is 0 Å². The van der Waals surface area contributed by atoms with Gasteiger partial charge in [-0.25, -0.2) is 0 Å². The summed E-state index contributed by atoms with van der Waals surface area (Å²) in [6.07, 6.45) is 2.85. The van der Waals surface area contributed by atoms with Gasteiger partial charge in [0.1, 0.15) is 0 Å². The maximum Gasteiger partial charge on any atom is 0.191 e.